The average molecular weight is 359 g/mol. The topological polar surface area (TPSA) is 88.8 Å². The molecule has 6 nitrogen and oxygen atoms in total. The van der Waals surface area contributed by atoms with E-state index in [2.05, 4.69) is 14.0 Å². The summed E-state index contributed by atoms with van der Waals surface area (Å²) in [7, 11) is 4.02. The van der Waals surface area contributed by atoms with E-state index in [1.807, 2.05) is 6.07 Å². The highest BCUT2D eigenvalue weighted by Gasteiger charge is 2.14. The van der Waals surface area contributed by atoms with Crippen molar-refractivity contribution in [1.82, 2.24) is 0 Å². The number of ketones is 1. The Morgan fingerprint density at radius 3 is 2.12 bits per heavy atom. The van der Waals surface area contributed by atoms with Gasteiger partial charge >= 0.3 is 7.32 Å². The molecule has 1 N–H and O–H groups in total. The van der Waals surface area contributed by atoms with Gasteiger partial charge in [-0.3, -0.25) is 4.79 Å². The summed E-state index contributed by atoms with van der Waals surface area (Å²) in [4.78, 5) is 12.2. The van der Waals surface area contributed by atoms with Crippen LogP contribution in [0, 0.1) is 17.1 Å². The van der Waals surface area contributed by atoms with E-state index in [1.165, 1.54) is 63.8 Å². The van der Waals surface area contributed by atoms with Gasteiger partial charge in [-0.05, 0) is 48.0 Å². The predicted octanol–water partition coefficient (Wildman–Crippen LogP) is 2.33. The highest BCUT2D eigenvalue weighted by molar-refractivity contribution is 6.36. The second-order valence-electron chi connectivity index (χ2n) is 4.97. The molecule has 0 spiro atoms. The van der Waals surface area contributed by atoms with E-state index in [1.54, 1.807) is 0 Å². The second-order valence-corrected chi connectivity index (χ2v) is 4.97. The quantitative estimate of drug-likeness (QED) is 0.629. The van der Waals surface area contributed by atoms with Gasteiger partial charge in [0.25, 0.3) is 0 Å². The molecule has 0 unspecified atom stereocenters. The number of benzene rings is 2. The summed E-state index contributed by atoms with van der Waals surface area (Å²) in [6.07, 6.45) is 0. The fraction of sp³-hybridized carbons (Fsp3) is 0.222. The number of halogens is 1. The minimum absolute atomic E-state index is 0.312. The van der Waals surface area contributed by atoms with Crippen molar-refractivity contribution in [3.8, 4) is 6.07 Å². The first-order valence-corrected chi connectivity index (χ1v) is 7.53. The number of aliphatic hydroxyl groups excluding tert-OH is 1. The molecule has 0 atom stereocenters. The summed E-state index contributed by atoms with van der Waals surface area (Å²) < 4.78 is 26.6. The van der Waals surface area contributed by atoms with Crippen molar-refractivity contribution in [2.75, 3.05) is 21.3 Å². The number of hydrogen-bond acceptors (Lipinski definition) is 6. The molecule has 136 valence electrons. The fourth-order valence-corrected chi connectivity index (χ4v) is 2.06. The van der Waals surface area contributed by atoms with Crippen molar-refractivity contribution in [3.63, 3.8) is 0 Å². The van der Waals surface area contributed by atoms with Gasteiger partial charge in [-0.2, -0.15) is 5.26 Å². The van der Waals surface area contributed by atoms with Crippen molar-refractivity contribution < 1.29 is 28.3 Å². The van der Waals surface area contributed by atoms with Crippen molar-refractivity contribution in [2.45, 2.75) is 6.61 Å². The molecule has 2 aromatic carbocycles. The summed E-state index contributed by atoms with van der Waals surface area (Å²) >= 11 is 0. The zero-order valence-electron chi connectivity index (χ0n) is 14.7. The van der Waals surface area contributed by atoms with Crippen molar-refractivity contribution >= 4 is 13.1 Å². The molecule has 0 amide bonds. The molecule has 0 heterocycles. The summed E-state index contributed by atoms with van der Waals surface area (Å²) in [5.74, 6) is -0.729. The molecule has 2 aromatic rings. The molecular formula is C18H19BFNO5. The summed E-state index contributed by atoms with van der Waals surface area (Å²) in [6.45, 7) is -0.336. The molecule has 0 aliphatic carbocycles. The molecule has 0 aromatic heterocycles. The zero-order valence-corrected chi connectivity index (χ0v) is 14.7. The van der Waals surface area contributed by atoms with E-state index < -0.39 is 13.1 Å². The van der Waals surface area contributed by atoms with E-state index in [9.17, 15) is 14.3 Å². The molecule has 0 fully saturated rings. The van der Waals surface area contributed by atoms with Gasteiger partial charge in [-0.1, -0.05) is 0 Å². The van der Waals surface area contributed by atoms with E-state index in [4.69, 9.17) is 5.26 Å². The summed E-state index contributed by atoms with van der Waals surface area (Å²) in [5, 5.41) is 18.0. The predicted molar refractivity (Wildman–Crippen MR) is 93.7 cm³/mol. The van der Waals surface area contributed by atoms with Crippen LogP contribution in [0.3, 0.4) is 0 Å². The maximum atomic E-state index is 12.8. The number of nitrogens with zero attached hydrogens (tertiary/aromatic N) is 1. The highest BCUT2D eigenvalue weighted by atomic mass is 19.1. The van der Waals surface area contributed by atoms with Crippen molar-refractivity contribution in [1.29, 1.82) is 5.26 Å². The standard InChI is InChI=1S/C15H10FNO2.C3H9BO3/c16-13-4-2-11(3-5-13)15(19)14-6-1-10(8-17)7-12(14)9-18;1-5-4(6-2)7-3/h1-7,18H,9H2;1-3H3. The molecule has 26 heavy (non-hydrogen) atoms. The molecule has 0 bridgehead atoms. The normalized spacial score (nSPS) is 9.69. The summed E-state index contributed by atoms with van der Waals surface area (Å²) in [6, 6.07) is 11.6. The van der Waals surface area contributed by atoms with Crippen LogP contribution >= 0.6 is 0 Å². The molecular weight excluding hydrogens is 340 g/mol. The first-order valence-electron chi connectivity index (χ1n) is 7.53. The van der Waals surface area contributed by atoms with Crippen LogP contribution in [0.15, 0.2) is 42.5 Å². The van der Waals surface area contributed by atoms with Crippen LogP contribution in [-0.4, -0.2) is 39.5 Å². The van der Waals surface area contributed by atoms with Gasteiger partial charge in [0.05, 0.1) is 18.2 Å². The highest BCUT2D eigenvalue weighted by Crippen LogP contribution is 2.17. The van der Waals surface area contributed by atoms with Crippen molar-refractivity contribution in [2.24, 2.45) is 0 Å². The van der Waals surface area contributed by atoms with Crippen LogP contribution in [0.4, 0.5) is 4.39 Å². The van der Waals surface area contributed by atoms with E-state index in [-0.39, 0.29) is 12.4 Å². The van der Waals surface area contributed by atoms with Gasteiger partial charge in [0, 0.05) is 32.5 Å². The van der Waals surface area contributed by atoms with E-state index in [0.29, 0.717) is 22.3 Å². The molecule has 0 aliphatic heterocycles. The fourth-order valence-electron chi connectivity index (χ4n) is 2.06. The van der Waals surface area contributed by atoms with Crippen LogP contribution in [-0.2, 0) is 20.6 Å². The Kier molecular flexibility index (Phi) is 9.19. The third-order valence-electron chi connectivity index (χ3n) is 3.33. The number of rotatable bonds is 6. The van der Waals surface area contributed by atoms with Crippen LogP contribution in [0.5, 0.6) is 0 Å². The number of hydrogen-bond donors (Lipinski definition) is 1. The third-order valence-corrected chi connectivity index (χ3v) is 3.33. The average Bonchev–Trinajstić information content (AvgIpc) is 2.69. The number of carbonyl (C=O) groups is 1. The molecule has 2 rings (SSSR count). The lowest BCUT2D eigenvalue weighted by Crippen LogP contribution is -2.21. The Morgan fingerprint density at radius 2 is 1.69 bits per heavy atom. The molecule has 0 radical (unpaired) electrons. The summed E-state index contributed by atoms with van der Waals surface area (Å²) in [5.41, 5.74) is 1.40. The monoisotopic (exact) mass is 359 g/mol. The van der Waals surface area contributed by atoms with Crippen molar-refractivity contribution in [3.05, 3.63) is 70.5 Å². The Labute approximate surface area is 151 Å². The second kappa shape index (κ2) is 11.1. The minimum Gasteiger partial charge on any atom is -0.392 e. The lowest BCUT2D eigenvalue weighted by atomic mass is 9.97. The maximum absolute atomic E-state index is 12.8. The van der Waals surface area contributed by atoms with Gasteiger partial charge < -0.3 is 19.1 Å². The van der Waals surface area contributed by atoms with Gasteiger partial charge in [0.15, 0.2) is 5.78 Å². The van der Waals surface area contributed by atoms with Crippen LogP contribution < -0.4 is 0 Å². The SMILES string of the molecule is COB(OC)OC.N#Cc1ccc(C(=O)c2ccc(F)cc2)c(CO)c1. The van der Waals surface area contributed by atoms with Gasteiger partial charge in [-0.15, -0.1) is 0 Å². The van der Waals surface area contributed by atoms with Crippen LogP contribution in [0.2, 0.25) is 0 Å². The van der Waals surface area contributed by atoms with E-state index in [0.717, 1.165) is 0 Å². The lowest BCUT2D eigenvalue weighted by Gasteiger charge is -2.07. The molecule has 0 saturated carbocycles. The van der Waals surface area contributed by atoms with Crippen LogP contribution in [0.25, 0.3) is 0 Å². The first-order chi connectivity index (χ1) is 12.5. The minimum atomic E-state index is -0.514. The lowest BCUT2D eigenvalue weighted by molar-refractivity contribution is 0.103. The van der Waals surface area contributed by atoms with Gasteiger partial charge in [0.2, 0.25) is 0 Å². The zero-order chi connectivity index (χ0) is 19.5. The molecule has 8 heteroatoms. The Balaban J connectivity index is 0.000000412. The molecule has 0 aliphatic rings. The number of carbonyl (C=O) groups excluding carboxylic acids is 1. The Hall–Kier alpha value is -2.57. The third kappa shape index (κ3) is 6.06. The largest absolute Gasteiger partial charge is 0.638 e. The Morgan fingerprint density at radius 1 is 1.12 bits per heavy atom. The van der Waals surface area contributed by atoms with Crippen LogP contribution in [0.1, 0.15) is 27.0 Å². The number of nitriles is 1. The van der Waals surface area contributed by atoms with Gasteiger partial charge in [0.1, 0.15) is 5.82 Å². The first kappa shape index (κ1) is 21.5. The smallest absolute Gasteiger partial charge is 0.392 e. The maximum Gasteiger partial charge on any atom is 0.638 e. The van der Waals surface area contributed by atoms with Gasteiger partial charge in [-0.25, -0.2) is 4.39 Å². The number of aliphatic hydroxyl groups is 1. The Bertz CT molecular complexity index is 752. The van der Waals surface area contributed by atoms with E-state index >= 15 is 0 Å². The molecule has 0 saturated heterocycles.